The average molecular weight is 747 g/mol. The second-order valence-corrected chi connectivity index (χ2v) is 15.9. The molecular weight excluding hydrogens is 697 g/mol. The molecule has 4 aromatic rings. The van der Waals surface area contributed by atoms with Gasteiger partial charge in [-0.15, -0.1) is 10.2 Å². The second kappa shape index (κ2) is 14.8. The van der Waals surface area contributed by atoms with Gasteiger partial charge >= 0.3 is 18.1 Å². The quantitative estimate of drug-likeness (QED) is 0.149. The van der Waals surface area contributed by atoms with E-state index in [1.165, 1.54) is 0 Å². The fourth-order valence-electron chi connectivity index (χ4n) is 7.80. The molecule has 0 spiro atoms. The first kappa shape index (κ1) is 37.5. The molecule has 14 heteroatoms. The molecule has 3 N–H and O–H groups in total. The normalized spacial score (nSPS) is 19.7. The molecule has 0 unspecified atom stereocenters. The van der Waals surface area contributed by atoms with Crippen molar-refractivity contribution < 1.29 is 27.5 Å². The zero-order valence-electron chi connectivity index (χ0n) is 31.3. The van der Waals surface area contributed by atoms with Gasteiger partial charge in [0.15, 0.2) is 5.65 Å². The van der Waals surface area contributed by atoms with E-state index >= 15 is 0 Å². The van der Waals surface area contributed by atoms with E-state index in [0.29, 0.717) is 18.5 Å². The second-order valence-electron chi connectivity index (χ2n) is 15.9. The van der Waals surface area contributed by atoms with Crippen molar-refractivity contribution in [3.05, 3.63) is 83.3 Å². The van der Waals surface area contributed by atoms with Crippen LogP contribution >= 0.6 is 0 Å². The Labute approximate surface area is 313 Å². The van der Waals surface area contributed by atoms with E-state index in [1.807, 2.05) is 66.7 Å². The summed E-state index contributed by atoms with van der Waals surface area (Å²) in [5, 5.41) is 18.5. The predicted octanol–water partition coefficient (Wildman–Crippen LogP) is 7.05. The molecule has 54 heavy (non-hydrogen) atoms. The first-order chi connectivity index (χ1) is 25.7. The highest BCUT2D eigenvalue weighted by atomic mass is 19.4. The summed E-state index contributed by atoms with van der Waals surface area (Å²) < 4.78 is 47.8. The van der Waals surface area contributed by atoms with Crippen molar-refractivity contribution in [3.8, 4) is 5.75 Å². The number of alkyl halides is 3. The molecule has 1 saturated carbocycles. The van der Waals surface area contributed by atoms with Gasteiger partial charge < -0.3 is 30.5 Å². The van der Waals surface area contributed by atoms with E-state index in [-0.39, 0.29) is 55.2 Å². The molecule has 2 aliphatic carbocycles. The number of nitrogens with zero attached hydrogens (tertiary/aromatic N) is 5. The number of ether oxygens (including phenoxy) is 1. The summed E-state index contributed by atoms with van der Waals surface area (Å²) in [5.41, 5.74) is 4.93. The number of piperazine rings is 1. The van der Waals surface area contributed by atoms with Crippen molar-refractivity contribution in [2.45, 2.75) is 88.4 Å². The van der Waals surface area contributed by atoms with Gasteiger partial charge in [-0.2, -0.15) is 13.2 Å². The van der Waals surface area contributed by atoms with Crippen LogP contribution in [0.5, 0.6) is 5.75 Å². The number of rotatable bonds is 10. The highest BCUT2D eigenvalue weighted by Crippen LogP contribution is 2.51. The Bertz CT molecular complexity index is 2000. The van der Waals surface area contributed by atoms with Gasteiger partial charge in [-0.05, 0) is 105 Å². The largest absolute Gasteiger partial charge is 0.484 e. The molecular formula is C40H49F3N8O3. The molecule has 288 valence electrons. The summed E-state index contributed by atoms with van der Waals surface area (Å²) in [6, 6.07) is 17.1. The lowest BCUT2D eigenvalue weighted by Gasteiger charge is -2.37. The molecule has 2 aromatic heterocycles. The summed E-state index contributed by atoms with van der Waals surface area (Å²) in [7, 11) is 1.98. The van der Waals surface area contributed by atoms with Gasteiger partial charge in [0.1, 0.15) is 17.7 Å². The molecule has 3 amide bonds. The van der Waals surface area contributed by atoms with E-state index in [2.05, 4.69) is 57.4 Å². The van der Waals surface area contributed by atoms with Crippen LogP contribution in [0.4, 0.5) is 29.3 Å². The molecule has 0 radical (unpaired) electrons. The van der Waals surface area contributed by atoms with Crippen LogP contribution in [0.3, 0.4) is 0 Å². The van der Waals surface area contributed by atoms with Gasteiger partial charge in [0, 0.05) is 43.0 Å². The first-order valence-electron chi connectivity index (χ1n) is 18.8. The van der Waals surface area contributed by atoms with Crippen LogP contribution in [-0.4, -0.2) is 77.4 Å². The number of benzene rings is 2. The van der Waals surface area contributed by atoms with Gasteiger partial charge in [-0.1, -0.05) is 45.0 Å². The Morgan fingerprint density at radius 1 is 0.944 bits per heavy atom. The number of fused-ring (bicyclic) bond motifs is 2. The van der Waals surface area contributed by atoms with E-state index in [4.69, 9.17) is 4.74 Å². The highest BCUT2D eigenvalue weighted by molar-refractivity contribution is 5.90. The van der Waals surface area contributed by atoms with Crippen molar-refractivity contribution in [1.82, 2.24) is 30.1 Å². The number of amides is 3. The molecule has 1 saturated heterocycles. The van der Waals surface area contributed by atoms with Crippen molar-refractivity contribution in [2.24, 2.45) is 0 Å². The number of halogens is 3. The topological polar surface area (TPSA) is 116 Å². The number of nitrogens with one attached hydrogen (secondary N) is 3. The maximum absolute atomic E-state index is 13.6. The van der Waals surface area contributed by atoms with Crippen LogP contribution in [0.2, 0.25) is 0 Å². The average Bonchev–Trinajstić information content (AvgIpc) is 3.80. The number of hydrogen-bond donors (Lipinski definition) is 3. The van der Waals surface area contributed by atoms with E-state index in [9.17, 15) is 22.8 Å². The Balaban J connectivity index is 1.03. The smallest absolute Gasteiger partial charge is 0.471 e. The summed E-state index contributed by atoms with van der Waals surface area (Å²) in [6.07, 6.45) is 2.62. The first-order valence-corrected chi connectivity index (χ1v) is 18.8. The number of urea groups is 1. The molecule has 3 aliphatic rings. The zero-order valence-corrected chi connectivity index (χ0v) is 31.3. The van der Waals surface area contributed by atoms with Crippen LogP contribution in [0.25, 0.3) is 5.65 Å². The molecule has 1 aliphatic heterocycles. The van der Waals surface area contributed by atoms with Crippen LogP contribution in [0, 0.1) is 0 Å². The minimum atomic E-state index is -4.89. The van der Waals surface area contributed by atoms with Crippen molar-refractivity contribution in [1.29, 1.82) is 0 Å². The van der Waals surface area contributed by atoms with Gasteiger partial charge in [-0.3, -0.25) is 9.20 Å². The molecule has 2 fully saturated rings. The van der Waals surface area contributed by atoms with Crippen LogP contribution in [-0.2, 0) is 15.6 Å². The number of hydrogen-bond acceptors (Lipinski definition) is 7. The maximum atomic E-state index is 13.6. The fourth-order valence-corrected chi connectivity index (χ4v) is 7.80. The number of pyridine rings is 1. The van der Waals surface area contributed by atoms with Crippen molar-refractivity contribution in [2.75, 3.05) is 50.0 Å². The standard InChI is InChI=1S/C40H49F3N8O3/c1-38(2,3)26-22-27(24-28(23-26)49-18-20-50(21-19-49)36(52)40(41,42)43)45-37(53)46-32-11-12-33(31-9-6-5-8-30(31)32)54-29-10-13-34-47-48-35(51(34)25-29)39(15-16-39)14-7-17-44-4/h5-6,8-10,13,22-25,32-33,44H,7,11-12,14-21H2,1-4H3,(H2,45,46,53)/t32-,33+/m0/s1. The van der Waals surface area contributed by atoms with Gasteiger partial charge in [-0.25, -0.2) is 4.79 Å². The number of aromatic nitrogens is 3. The van der Waals surface area contributed by atoms with E-state index < -0.39 is 12.1 Å². The van der Waals surface area contributed by atoms with Crippen LogP contribution in [0.1, 0.15) is 94.0 Å². The molecule has 2 atom stereocenters. The van der Waals surface area contributed by atoms with Gasteiger partial charge in [0.25, 0.3) is 0 Å². The third-order valence-electron chi connectivity index (χ3n) is 11.0. The van der Waals surface area contributed by atoms with Gasteiger partial charge in [0.05, 0.1) is 12.2 Å². The zero-order chi connectivity index (χ0) is 38.3. The lowest BCUT2D eigenvalue weighted by molar-refractivity contribution is -0.185. The van der Waals surface area contributed by atoms with Crippen molar-refractivity contribution in [3.63, 3.8) is 0 Å². The third kappa shape index (κ3) is 7.98. The Morgan fingerprint density at radius 2 is 1.69 bits per heavy atom. The summed E-state index contributed by atoms with van der Waals surface area (Å²) >= 11 is 0. The van der Waals surface area contributed by atoms with E-state index in [1.54, 1.807) is 0 Å². The monoisotopic (exact) mass is 746 g/mol. The van der Waals surface area contributed by atoms with Gasteiger partial charge in [0.2, 0.25) is 0 Å². The SMILES string of the molecule is CNCCCC1(c2nnc3ccc(O[C@@H]4CC[C@H](NC(=O)Nc5cc(N6CCN(C(=O)C(F)(F)F)CC6)cc(C(C)(C)C)c5)c5ccccc54)cn23)CC1. The Hall–Kier alpha value is -4.85. The predicted molar refractivity (Wildman–Crippen MR) is 201 cm³/mol. The minimum Gasteiger partial charge on any atom is -0.484 e. The fraction of sp³-hybridized carbons (Fsp3) is 0.500. The molecule has 2 aromatic carbocycles. The Kier molecular flexibility index (Phi) is 10.2. The number of carbonyl (C=O) groups is 2. The molecule has 7 rings (SSSR count). The Morgan fingerprint density at radius 3 is 2.37 bits per heavy atom. The minimum absolute atomic E-state index is 0.0402. The highest BCUT2D eigenvalue weighted by Gasteiger charge is 2.47. The molecule has 0 bridgehead atoms. The molecule has 11 nitrogen and oxygen atoms in total. The number of anilines is 2. The maximum Gasteiger partial charge on any atom is 0.471 e. The summed E-state index contributed by atoms with van der Waals surface area (Å²) in [6.45, 7) is 7.57. The third-order valence-corrected chi connectivity index (χ3v) is 11.0. The van der Waals surface area contributed by atoms with Crippen LogP contribution < -0.4 is 25.6 Å². The lowest BCUT2D eigenvalue weighted by atomic mass is 9.85. The number of carbonyl (C=O) groups excluding carboxylic acids is 2. The molecule has 3 heterocycles. The lowest BCUT2D eigenvalue weighted by Crippen LogP contribution is -2.52. The van der Waals surface area contributed by atoms with Crippen molar-refractivity contribution >= 4 is 29.0 Å². The summed E-state index contributed by atoms with van der Waals surface area (Å²) in [5.74, 6) is -0.0769. The van der Waals surface area contributed by atoms with Crippen LogP contribution in [0.15, 0.2) is 60.8 Å². The van der Waals surface area contributed by atoms with E-state index in [0.717, 1.165) is 76.7 Å². The summed E-state index contributed by atoms with van der Waals surface area (Å²) in [4.78, 5) is 28.2.